The summed E-state index contributed by atoms with van der Waals surface area (Å²) in [6, 6.07) is 0. The van der Waals surface area contributed by atoms with E-state index >= 15 is 0 Å². The van der Waals surface area contributed by atoms with Crippen molar-refractivity contribution in [1.82, 2.24) is 0 Å². The molecule has 0 aromatic carbocycles. The van der Waals surface area contributed by atoms with Crippen LogP contribution in [0.2, 0.25) is 0 Å². The van der Waals surface area contributed by atoms with Crippen LogP contribution in [-0.2, 0) is 0 Å². The van der Waals surface area contributed by atoms with Gasteiger partial charge in [-0.15, -0.1) is 12.4 Å². The van der Waals surface area contributed by atoms with Crippen LogP contribution < -0.4 is 0 Å². The van der Waals surface area contributed by atoms with Crippen LogP contribution in [0.5, 0.6) is 0 Å². The summed E-state index contributed by atoms with van der Waals surface area (Å²) in [5.41, 5.74) is 0. The van der Waals surface area contributed by atoms with Crippen LogP contribution in [0.4, 0.5) is 0 Å². The molecule has 0 spiro atoms. The molecule has 0 saturated heterocycles. The molecule has 0 aromatic rings. The summed E-state index contributed by atoms with van der Waals surface area (Å²) in [4.78, 5) is 0. The van der Waals surface area contributed by atoms with E-state index in [1.807, 2.05) is 0 Å². The van der Waals surface area contributed by atoms with Crippen LogP contribution in [0.3, 0.4) is 0 Å². The number of aliphatic hydroxyl groups is 1. The summed E-state index contributed by atoms with van der Waals surface area (Å²) in [6.07, 6.45) is 0. The van der Waals surface area contributed by atoms with E-state index in [9.17, 15) is 0 Å². The zero-order valence-electron chi connectivity index (χ0n) is 2.56. The quantitative estimate of drug-likeness (QED) is 0.408. The van der Waals surface area contributed by atoms with Gasteiger partial charge in [-0.25, -0.2) is 0 Å². The average molecular weight is 90.5 g/mol. The fourth-order valence-corrected chi connectivity index (χ4v) is 0. The fraction of sp³-hybridized carbons (Fsp3) is 1.00. The molecule has 0 aliphatic heterocycles. The Morgan fingerprint density at radius 1 is 1.60 bits per heavy atom. The van der Waals surface area contributed by atoms with Gasteiger partial charge in [-0.05, 0) is 6.92 Å². The second-order valence-electron chi connectivity index (χ2n) is 0.316. The average Bonchev–Trinajstić information content (AvgIpc) is 0.918. The monoisotopic (exact) mass is 90.0 g/mol. The number of hydrogen-bond donors (Lipinski definition) is 1. The van der Waals surface area contributed by atoms with Gasteiger partial charge in [0.2, 0.25) is 0 Å². The normalized spacial score (nSPS) is 3.60. The molecule has 0 atom stereocenters. The molecule has 30 valence electrons. The van der Waals surface area contributed by atoms with Gasteiger partial charge in [0.25, 0.3) is 0 Å². The molecule has 0 heterocycles. The van der Waals surface area contributed by atoms with Crippen LogP contribution in [0.15, 0.2) is 0 Å². The molecule has 1 N–H and O–H groups in total. The van der Waals surface area contributed by atoms with Gasteiger partial charge in [0.05, 0.1) is 0 Å². The summed E-state index contributed by atoms with van der Waals surface area (Å²) >= 11 is 0. The molecule has 1 nitrogen and oxygen atoms in total. The van der Waals surface area contributed by atoms with Gasteiger partial charge >= 0.3 is 18.9 Å². The van der Waals surface area contributed by atoms with E-state index in [2.05, 4.69) is 0 Å². The van der Waals surface area contributed by atoms with Gasteiger partial charge in [0, 0.05) is 6.61 Å². The minimum absolute atomic E-state index is 0. The molecule has 3 heteroatoms. The standard InChI is InChI=1S/C2H6O.ClH.Li.H/c1-2-3;;;/h3H,2H2,1H3;1H;;. The number of aliphatic hydroxyl groups excluding tert-OH is 1. The van der Waals surface area contributed by atoms with Gasteiger partial charge < -0.3 is 5.11 Å². The summed E-state index contributed by atoms with van der Waals surface area (Å²) < 4.78 is 0. The molecular formula is C2H8ClLiO. The first-order valence-electron chi connectivity index (χ1n) is 1.02. The maximum absolute atomic E-state index is 7.57. The Labute approximate surface area is 50.3 Å². The van der Waals surface area contributed by atoms with Gasteiger partial charge in [-0.1, -0.05) is 0 Å². The van der Waals surface area contributed by atoms with Crippen LogP contribution in [0, 0.1) is 0 Å². The Bertz CT molecular complexity index is 9.61. The zero-order chi connectivity index (χ0) is 2.71. The van der Waals surface area contributed by atoms with Crippen molar-refractivity contribution in [1.29, 1.82) is 0 Å². The van der Waals surface area contributed by atoms with Gasteiger partial charge in [0.15, 0.2) is 0 Å². The third-order valence-corrected chi connectivity index (χ3v) is 0. The van der Waals surface area contributed by atoms with Crippen LogP contribution in [0.1, 0.15) is 6.92 Å². The predicted octanol–water partition coefficient (Wildman–Crippen LogP) is -0.228. The molecule has 0 radical (unpaired) electrons. The molecular weight excluding hydrogens is 82.4 g/mol. The Hall–Kier alpha value is 0.847. The van der Waals surface area contributed by atoms with E-state index in [0.29, 0.717) is 0 Å². The van der Waals surface area contributed by atoms with Crippen LogP contribution >= 0.6 is 12.4 Å². The van der Waals surface area contributed by atoms with Crippen molar-refractivity contribution in [3.63, 3.8) is 0 Å². The number of hydrogen-bond acceptors (Lipinski definition) is 1. The summed E-state index contributed by atoms with van der Waals surface area (Å²) in [5.74, 6) is 0. The maximum atomic E-state index is 7.57. The molecule has 0 bridgehead atoms. The van der Waals surface area contributed by atoms with E-state index in [-0.39, 0.29) is 37.9 Å². The molecule has 0 unspecified atom stereocenters. The van der Waals surface area contributed by atoms with E-state index < -0.39 is 0 Å². The molecule has 5 heavy (non-hydrogen) atoms. The molecule has 0 saturated carbocycles. The Morgan fingerprint density at radius 3 is 1.60 bits per heavy atom. The Kier molecular flexibility index (Phi) is 71.3. The molecule has 0 amide bonds. The van der Waals surface area contributed by atoms with Crippen molar-refractivity contribution in [3.8, 4) is 0 Å². The van der Waals surface area contributed by atoms with Crippen molar-refractivity contribution in [2.24, 2.45) is 0 Å². The van der Waals surface area contributed by atoms with Crippen LogP contribution in [0.25, 0.3) is 0 Å². The van der Waals surface area contributed by atoms with Crippen LogP contribution in [-0.4, -0.2) is 30.6 Å². The van der Waals surface area contributed by atoms with Crippen molar-refractivity contribution >= 4 is 31.3 Å². The fourth-order valence-electron chi connectivity index (χ4n) is 0. The van der Waals surface area contributed by atoms with Gasteiger partial charge in [0.1, 0.15) is 0 Å². The second-order valence-corrected chi connectivity index (χ2v) is 0.316. The van der Waals surface area contributed by atoms with Crippen molar-refractivity contribution in [2.75, 3.05) is 6.61 Å². The molecule has 0 aromatic heterocycles. The third kappa shape index (κ3) is 54.7. The number of rotatable bonds is 0. The molecule has 0 aliphatic rings. The summed E-state index contributed by atoms with van der Waals surface area (Å²) in [7, 11) is 0. The Balaban J connectivity index is -0.0000000200. The first kappa shape index (κ1) is 16.9. The van der Waals surface area contributed by atoms with Crippen molar-refractivity contribution < 1.29 is 5.11 Å². The predicted molar refractivity (Wildman–Crippen MR) is 27.2 cm³/mol. The number of halogens is 1. The van der Waals surface area contributed by atoms with Crippen molar-refractivity contribution in [2.45, 2.75) is 6.92 Å². The first-order valence-corrected chi connectivity index (χ1v) is 1.02. The topological polar surface area (TPSA) is 20.2 Å². The van der Waals surface area contributed by atoms with Crippen molar-refractivity contribution in [3.05, 3.63) is 0 Å². The van der Waals surface area contributed by atoms with Gasteiger partial charge in [-0.3, -0.25) is 0 Å². The molecule has 0 fully saturated rings. The molecule has 0 aliphatic carbocycles. The second kappa shape index (κ2) is 21.0. The zero-order valence-corrected chi connectivity index (χ0v) is 3.38. The third-order valence-electron chi connectivity index (χ3n) is 0. The van der Waals surface area contributed by atoms with E-state index in [4.69, 9.17) is 5.11 Å². The SMILES string of the molecule is CCO.Cl.[LiH]. The summed E-state index contributed by atoms with van der Waals surface area (Å²) in [5, 5.41) is 7.57. The van der Waals surface area contributed by atoms with Gasteiger partial charge in [-0.2, -0.15) is 0 Å². The molecule has 0 rings (SSSR count). The minimum atomic E-state index is 0. The van der Waals surface area contributed by atoms with E-state index in [0.717, 1.165) is 0 Å². The summed E-state index contributed by atoms with van der Waals surface area (Å²) in [6.45, 7) is 1.93. The Morgan fingerprint density at radius 2 is 1.60 bits per heavy atom. The van der Waals surface area contributed by atoms with E-state index in [1.54, 1.807) is 6.92 Å². The first-order chi connectivity index (χ1) is 1.41. The van der Waals surface area contributed by atoms with E-state index in [1.165, 1.54) is 0 Å².